The van der Waals surface area contributed by atoms with Crippen molar-refractivity contribution in [1.82, 2.24) is 15.6 Å². The zero-order chi connectivity index (χ0) is 17.2. The first kappa shape index (κ1) is 16.2. The summed E-state index contributed by atoms with van der Waals surface area (Å²) in [5.74, 6) is -0.0464. The molecule has 1 unspecified atom stereocenters. The maximum absolute atomic E-state index is 12.1. The minimum Gasteiger partial charge on any atom is -0.349 e. The zero-order valence-corrected chi connectivity index (χ0v) is 14.6. The highest BCUT2D eigenvalue weighted by Gasteiger charge is 2.24. The van der Waals surface area contributed by atoms with Gasteiger partial charge in [0, 0.05) is 22.5 Å². The third kappa shape index (κ3) is 3.88. The lowest BCUT2D eigenvalue weighted by Gasteiger charge is -2.08. The molecule has 2 fully saturated rings. The third-order valence-electron chi connectivity index (χ3n) is 4.47. The number of benzene rings is 1. The first-order valence-electron chi connectivity index (χ1n) is 8.60. The van der Waals surface area contributed by atoms with Crippen LogP contribution in [-0.4, -0.2) is 35.4 Å². The Balaban J connectivity index is 1.40. The SMILES string of the molecule is O=C(NC1CC1)c1ccc(-c2csc(NC(=O)C3CCCN3)n2)cc1. The molecule has 2 heterocycles. The van der Waals surface area contributed by atoms with Crippen LogP contribution in [0.2, 0.25) is 0 Å². The molecule has 1 aromatic carbocycles. The molecule has 2 amide bonds. The van der Waals surface area contributed by atoms with Crippen molar-refractivity contribution in [2.24, 2.45) is 0 Å². The number of hydrogen-bond donors (Lipinski definition) is 3. The number of hydrogen-bond acceptors (Lipinski definition) is 5. The molecule has 7 heteroatoms. The maximum Gasteiger partial charge on any atom is 0.251 e. The van der Waals surface area contributed by atoms with Crippen molar-refractivity contribution in [2.75, 3.05) is 11.9 Å². The Bertz CT molecular complexity index is 777. The van der Waals surface area contributed by atoms with Gasteiger partial charge in [-0.15, -0.1) is 11.3 Å². The van der Waals surface area contributed by atoms with Gasteiger partial charge < -0.3 is 16.0 Å². The molecule has 0 bridgehead atoms. The Hall–Kier alpha value is -2.25. The summed E-state index contributed by atoms with van der Waals surface area (Å²) in [5.41, 5.74) is 2.39. The summed E-state index contributed by atoms with van der Waals surface area (Å²) in [6.45, 7) is 0.891. The molecule has 1 aliphatic heterocycles. The number of thiazole rings is 1. The molecule has 1 saturated carbocycles. The number of nitrogens with one attached hydrogen (secondary N) is 3. The quantitative estimate of drug-likeness (QED) is 0.768. The second kappa shape index (κ2) is 6.93. The summed E-state index contributed by atoms with van der Waals surface area (Å²) >= 11 is 1.41. The maximum atomic E-state index is 12.1. The van der Waals surface area contributed by atoms with E-state index in [-0.39, 0.29) is 17.9 Å². The average Bonchev–Trinajstić information content (AvgIpc) is 3.11. The van der Waals surface area contributed by atoms with Gasteiger partial charge in [0.1, 0.15) is 0 Å². The van der Waals surface area contributed by atoms with Crippen molar-refractivity contribution in [1.29, 1.82) is 0 Å². The van der Waals surface area contributed by atoms with E-state index in [1.807, 2.05) is 29.6 Å². The van der Waals surface area contributed by atoms with E-state index in [9.17, 15) is 9.59 Å². The fourth-order valence-electron chi connectivity index (χ4n) is 2.85. The first-order valence-corrected chi connectivity index (χ1v) is 9.48. The summed E-state index contributed by atoms with van der Waals surface area (Å²) in [6, 6.07) is 7.64. The van der Waals surface area contributed by atoms with Crippen molar-refractivity contribution < 1.29 is 9.59 Å². The normalized spacial score (nSPS) is 19.6. The summed E-state index contributed by atoms with van der Waals surface area (Å²) < 4.78 is 0. The minimum atomic E-state index is -0.114. The monoisotopic (exact) mass is 356 g/mol. The molecule has 25 heavy (non-hydrogen) atoms. The largest absolute Gasteiger partial charge is 0.349 e. The molecular formula is C18H20N4O2S. The molecule has 2 aromatic rings. The Morgan fingerprint density at radius 2 is 1.96 bits per heavy atom. The molecular weight excluding hydrogens is 336 g/mol. The molecule has 1 saturated heterocycles. The van der Waals surface area contributed by atoms with Gasteiger partial charge in [0.25, 0.3) is 5.91 Å². The van der Waals surface area contributed by atoms with Crippen LogP contribution in [0.4, 0.5) is 5.13 Å². The predicted octanol–water partition coefficient (Wildman–Crippen LogP) is 2.39. The number of nitrogens with zero attached hydrogens (tertiary/aromatic N) is 1. The van der Waals surface area contributed by atoms with Crippen molar-refractivity contribution >= 4 is 28.3 Å². The summed E-state index contributed by atoms with van der Waals surface area (Å²) in [7, 11) is 0. The van der Waals surface area contributed by atoms with Gasteiger partial charge in [0.05, 0.1) is 11.7 Å². The lowest BCUT2D eigenvalue weighted by atomic mass is 10.1. The van der Waals surface area contributed by atoms with Crippen molar-refractivity contribution in [2.45, 2.75) is 37.8 Å². The van der Waals surface area contributed by atoms with Crippen LogP contribution in [0.5, 0.6) is 0 Å². The van der Waals surface area contributed by atoms with E-state index in [0.29, 0.717) is 16.7 Å². The highest BCUT2D eigenvalue weighted by Crippen LogP contribution is 2.26. The lowest BCUT2D eigenvalue weighted by Crippen LogP contribution is -2.35. The van der Waals surface area contributed by atoms with Crippen molar-refractivity contribution in [3.05, 3.63) is 35.2 Å². The molecule has 1 atom stereocenters. The van der Waals surface area contributed by atoms with Crippen LogP contribution in [0.3, 0.4) is 0 Å². The number of amides is 2. The Kier molecular flexibility index (Phi) is 4.50. The van der Waals surface area contributed by atoms with Crippen LogP contribution >= 0.6 is 11.3 Å². The fraction of sp³-hybridized carbons (Fsp3) is 0.389. The van der Waals surface area contributed by atoms with Crippen LogP contribution in [0.15, 0.2) is 29.6 Å². The highest BCUT2D eigenvalue weighted by atomic mass is 32.1. The standard InChI is InChI=1S/C18H20N4O2S/c23-16(20-13-7-8-13)12-5-3-11(4-6-12)15-10-25-18(21-15)22-17(24)14-2-1-9-19-14/h3-6,10,13-14,19H,1-2,7-9H2,(H,20,23)(H,21,22,24). The molecule has 0 radical (unpaired) electrons. The Morgan fingerprint density at radius 3 is 2.64 bits per heavy atom. The van der Waals surface area contributed by atoms with Gasteiger partial charge in [-0.2, -0.15) is 0 Å². The van der Waals surface area contributed by atoms with Crippen LogP contribution in [0.1, 0.15) is 36.0 Å². The average molecular weight is 356 g/mol. The topological polar surface area (TPSA) is 83.1 Å². The fourth-order valence-corrected chi connectivity index (χ4v) is 3.58. The van der Waals surface area contributed by atoms with Crippen LogP contribution in [0.25, 0.3) is 11.3 Å². The van der Waals surface area contributed by atoms with Gasteiger partial charge in [-0.3, -0.25) is 9.59 Å². The van der Waals surface area contributed by atoms with E-state index in [4.69, 9.17) is 0 Å². The molecule has 2 aliphatic rings. The van der Waals surface area contributed by atoms with Crippen molar-refractivity contribution in [3.8, 4) is 11.3 Å². The summed E-state index contributed by atoms with van der Waals surface area (Å²) in [5, 5.41) is 11.5. The smallest absolute Gasteiger partial charge is 0.251 e. The van der Waals surface area contributed by atoms with Gasteiger partial charge >= 0.3 is 0 Å². The minimum absolute atomic E-state index is 0.0227. The molecule has 3 N–H and O–H groups in total. The van der Waals surface area contributed by atoms with Gasteiger partial charge in [-0.1, -0.05) is 12.1 Å². The number of rotatable bonds is 5. The van der Waals surface area contributed by atoms with E-state index < -0.39 is 0 Å². The summed E-state index contributed by atoms with van der Waals surface area (Å²) in [6.07, 6.45) is 4.05. The number of carbonyl (C=O) groups is 2. The van der Waals surface area contributed by atoms with Gasteiger partial charge in [0.2, 0.25) is 5.91 Å². The van der Waals surface area contributed by atoms with Crippen LogP contribution in [0, 0.1) is 0 Å². The molecule has 4 rings (SSSR count). The zero-order valence-electron chi connectivity index (χ0n) is 13.7. The van der Waals surface area contributed by atoms with E-state index in [1.165, 1.54) is 11.3 Å². The second-order valence-corrected chi connectivity index (χ2v) is 7.36. The Morgan fingerprint density at radius 1 is 1.16 bits per heavy atom. The number of anilines is 1. The van der Waals surface area contributed by atoms with Crippen molar-refractivity contribution in [3.63, 3.8) is 0 Å². The van der Waals surface area contributed by atoms with Gasteiger partial charge in [-0.05, 0) is 44.4 Å². The number of carbonyl (C=O) groups excluding carboxylic acids is 2. The predicted molar refractivity (Wildman–Crippen MR) is 97.7 cm³/mol. The second-order valence-electron chi connectivity index (χ2n) is 6.50. The lowest BCUT2D eigenvalue weighted by molar-refractivity contribution is -0.117. The van der Waals surface area contributed by atoms with E-state index >= 15 is 0 Å². The van der Waals surface area contributed by atoms with Crippen LogP contribution < -0.4 is 16.0 Å². The molecule has 130 valence electrons. The molecule has 1 aliphatic carbocycles. The molecule has 1 aromatic heterocycles. The van der Waals surface area contributed by atoms with E-state index in [1.54, 1.807) is 0 Å². The van der Waals surface area contributed by atoms with Crippen LogP contribution in [-0.2, 0) is 4.79 Å². The first-order chi connectivity index (χ1) is 12.2. The highest BCUT2D eigenvalue weighted by molar-refractivity contribution is 7.14. The third-order valence-corrected chi connectivity index (χ3v) is 5.22. The van der Waals surface area contributed by atoms with E-state index in [2.05, 4.69) is 20.9 Å². The Labute approximate surface area is 150 Å². The molecule has 0 spiro atoms. The van der Waals surface area contributed by atoms with Gasteiger partial charge in [-0.25, -0.2) is 4.98 Å². The van der Waals surface area contributed by atoms with Gasteiger partial charge in [0.15, 0.2) is 5.13 Å². The number of aromatic nitrogens is 1. The molecule has 6 nitrogen and oxygen atoms in total. The summed E-state index contributed by atoms with van der Waals surface area (Å²) in [4.78, 5) is 28.6. The van der Waals surface area contributed by atoms with E-state index in [0.717, 1.165) is 43.5 Å².